The topological polar surface area (TPSA) is 157 Å². The number of H-pyrrole nitrogens is 1. The first kappa shape index (κ1) is 23.6. The Labute approximate surface area is 201 Å². The average molecular weight is 525 g/mol. The molecule has 0 aliphatic rings. The van der Waals surface area contributed by atoms with E-state index in [1.54, 1.807) is 12.1 Å². The number of nitrogens with one attached hydrogen (secondary N) is 2. The van der Waals surface area contributed by atoms with E-state index in [1.807, 2.05) is 0 Å². The van der Waals surface area contributed by atoms with E-state index in [0.717, 1.165) is 23.0 Å². The molecule has 3 N–H and O–H groups in total. The van der Waals surface area contributed by atoms with E-state index < -0.39 is 31.9 Å². The van der Waals surface area contributed by atoms with Crippen LogP contribution in [0, 0.1) is 0 Å². The highest BCUT2D eigenvalue weighted by Gasteiger charge is 2.21. The molecule has 4 aromatic rings. The van der Waals surface area contributed by atoms with Crippen LogP contribution >= 0.6 is 23.2 Å². The fourth-order valence-electron chi connectivity index (χ4n) is 2.85. The number of nitrogens with zero attached hydrogens (tertiary/aromatic N) is 2. The van der Waals surface area contributed by atoms with Gasteiger partial charge in [-0.15, -0.1) is 0 Å². The molecule has 0 unspecified atom stereocenters. The third-order valence-corrected chi connectivity index (χ3v) is 6.39. The van der Waals surface area contributed by atoms with E-state index >= 15 is 0 Å². The lowest BCUT2D eigenvalue weighted by Gasteiger charge is -2.14. The number of aromatic nitrogens is 3. The molecule has 2 aromatic heterocycles. The van der Waals surface area contributed by atoms with Gasteiger partial charge in [-0.3, -0.25) is 9.78 Å². The minimum Gasteiger partial charge on any atom is -0.507 e. The van der Waals surface area contributed by atoms with Crippen molar-refractivity contribution in [1.82, 2.24) is 19.5 Å². The maximum absolute atomic E-state index is 12.7. The number of benzene rings is 2. The molecule has 0 atom stereocenters. The van der Waals surface area contributed by atoms with Crippen LogP contribution in [0.1, 0.15) is 5.76 Å². The van der Waals surface area contributed by atoms with Gasteiger partial charge >= 0.3 is 5.69 Å². The second-order valence-corrected chi connectivity index (χ2v) is 9.27. The number of furan rings is 1. The van der Waals surface area contributed by atoms with Crippen LogP contribution in [0.3, 0.4) is 0 Å². The van der Waals surface area contributed by atoms with Gasteiger partial charge in [0.25, 0.3) is 5.56 Å². The Hall–Kier alpha value is -3.58. The number of phenolic OH excluding ortho intramolecular Hbond substituents is 1. The third kappa shape index (κ3) is 4.99. The molecular formula is C20H14Cl2N4O7S. The number of aromatic hydroxyl groups is 1. The van der Waals surface area contributed by atoms with Crippen molar-refractivity contribution in [1.29, 1.82) is 0 Å². The van der Waals surface area contributed by atoms with Gasteiger partial charge in [-0.2, -0.15) is 9.78 Å². The van der Waals surface area contributed by atoms with E-state index in [0.29, 0.717) is 5.76 Å². The predicted molar refractivity (Wildman–Crippen MR) is 121 cm³/mol. The smallest absolute Gasteiger partial charge is 0.349 e. The highest BCUT2D eigenvalue weighted by Crippen LogP contribution is 2.39. The quantitative estimate of drug-likeness (QED) is 0.333. The maximum Gasteiger partial charge on any atom is 0.349 e. The normalized spacial score (nSPS) is 11.5. The minimum absolute atomic E-state index is 0.00653. The summed E-state index contributed by atoms with van der Waals surface area (Å²) >= 11 is 12.5. The van der Waals surface area contributed by atoms with Crippen molar-refractivity contribution in [3.05, 3.63) is 91.6 Å². The Bertz CT molecular complexity index is 1560. The number of sulfonamides is 1. The lowest BCUT2D eigenvalue weighted by Crippen LogP contribution is -2.30. The first-order valence-electron chi connectivity index (χ1n) is 9.35. The molecule has 2 aromatic carbocycles. The van der Waals surface area contributed by atoms with Gasteiger partial charge in [0.1, 0.15) is 28.4 Å². The van der Waals surface area contributed by atoms with E-state index in [1.165, 1.54) is 24.5 Å². The van der Waals surface area contributed by atoms with Crippen molar-refractivity contribution >= 4 is 33.2 Å². The molecular weight excluding hydrogens is 511 g/mol. The van der Waals surface area contributed by atoms with Crippen molar-refractivity contribution in [3.63, 3.8) is 0 Å². The number of hydrogen-bond acceptors (Lipinski definition) is 8. The molecule has 0 bridgehead atoms. The Morgan fingerprint density at radius 3 is 2.53 bits per heavy atom. The number of rotatable bonds is 7. The second-order valence-electron chi connectivity index (χ2n) is 6.72. The van der Waals surface area contributed by atoms with Gasteiger partial charge in [-0.25, -0.2) is 17.9 Å². The zero-order chi connectivity index (χ0) is 24.5. The predicted octanol–water partition coefficient (Wildman–Crippen LogP) is 2.80. The molecule has 11 nitrogen and oxygen atoms in total. The van der Waals surface area contributed by atoms with Gasteiger partial charge in [0.05, 0.1) is 28.5 Å². The molecule has 0 fully saturated rings. The second kappa shape index (κ2) is 9.35. The molecule has 0 aliphatic heterocycles. The Morgan fingerprint density at radius 2 is 1.88 bits per heavy atom. The summed E-state index contributed by atoms with van der Waals surface area (Å²) in [5.41, 5.74) is -1.32. The summed E-state index contributed by atoms with van der Waals surface area (Å²) < 4.78 is 39.3. The molecule has 0 radical (unpaired) electrons. The summed E-state index contributed by atoms with van der Waals surface area (Å²) in [6, 6.07) is 9.38. The van der Waals surface area contributed by atoms with Crippen LogP contribution in [-0.4, -0.2) is 28.3 Å². The van der Waals surface area contributed by atoms with Crippen LogP contribution in [0.5, 0.6) is 17.2 Å². The van der Waals surface area contributed by atoms with Crippen molar-refractivity contribution in [2.75, 3.05) is 0 Å². The molecule has 14 heteroatoms. The molecule has 176 valence electrons. The van der Waals surface area contributed by atoms with Crippen LogP contribution in [-0.2, 0) is 16.6 Å². The van der Waals surface area contributed by atoms with Crippen LogP contribution in [0.25, 0.3) is 5.69 Å². The van der Waals surface area contributed by atoms with Crippen LogP contribution in [0.2, 0.25) is 10.0 Å². The van der Waals surface area contributed by atoms with Crippen molar-refractivity contribution in [2.45, 2.75) is 11.4 Å². The summed E-state index contributed by atoms with van der Waals surface area (Å²) in [7, 11) is -4.13. The van der Waals surface area contributed by atoms with Crippen LogP contribution in [0.15, 0.2) is 73.8 Å². The van der Waals surface area contributed by atoms with Crippen molar-refractivity contribution < 1.29 is 22.7 Å². The molecule has 0 spiro atoms. The lowest BCUT2D eigenvalue weighted by molar-refractivity contribution is 0.447. The van der Waals surface area contributed by atoms with E-state index in [2.05, 4.69) is 14.8 Å². The maximum atomic E-state index is 12.7. The Kier molecular flexibility index (Phi) is 6.48. The van der Waals surface area contributed by atoms with Crippen molar-refractivity contribution in [3.8, 4) is 22.9 Å². The first-order chi connectivity index (χ1) is 16.1. The van der Waals surface area contributed by atoms with E-state index in [9.17, 15) is 23.1 Å². The summed E-state index contributed by atoms with van der Waals surface area (Å²) in [6.45, 7) is -0.128. The van der Waals surface area contributed by atoms with Crippen LogP contribution < -0.4 is 20.7 Å². The Morgan fingerprint density at radius 1 is 1.15 bits per heavy atom. The summed E-state index contributed by atoms with van der Waals surface area (Å²) in [4.78, 5) is 24.8. The number of hydrogen-bond donors (Lipinski definition) is 3. The molecule has 0 aliphatic carbocycles. The van der Waals surface area contributed by atoms with Gasteiger partial charge < -0.3 is 14.3 Å². The largest absolute Gasteiger partial charge is 0.507 e. The SMILES string of the molecule is O=c1cnn(-c2cc(Cl)c(Oc3ccc(O)c(S(=O)(=O)NCc4ccco4)c3)c(Cl)c2)c(=O)[nH]1. The van der Waals surface area contributed by atoms with Crippen molar-refractivity contribution in [2.24, 2.45) is 0 Å². The number of phenols is 1. The van der Waals surface area contributed by atoms with Gasteiger partial charge in [-0.1, -0.05) is 23.2 Å². The van der Waals surface area contributed by atoms with Gasteiger partial charge in [0.2, 0.25) is 10.0 Å². The fourth-order valence-corrected chi connectivity index (χ4v) is 4.51. The zero-order valence-electron chi connectivity index (χ0n) is 16.9. The molecule has 4 rings (SSSR count). The van der Waals surface area contributed by atoms with Gasteiger partial charge in [0.15, 0.2) is 5.75 Å². The van der Waals surface area contributed by atoms with Gasteiger partial charge in [-0.05, 0) is 36.4 Å². The number of ether oxygens (including phenoxy) is 1. The standard InChI is InChI=1S/C20H14Cl2N4O7S/c21-14-6-11(26-20(29)25-18(28)10-23-26)7-15(22)19(14)33-12-3-4-16(27)17(8-12)34(30,31)24-9-13-2-1-5-32-13/h1-8,10,24,27H,9H2,(H,25,28,29). The molecule has 34 heavy (non-hydrogen) atoms. The minimum atomic E-state index is -4.13. The first-order valence-corrected chi connectivity index (χ1v) is 11.6. The Balaban J connectivity index is 1.63. The monoisotopic (exact) mass is 524 g/mol. The highest BCUT2D eigenvalue weighted by molar-refractivity contribution is 7.89. The van der Waals surface area contributed by atoms with E-state index in [-0.39, 0.29) is 33.8 Å². The lowest BCUT2D eigenvalue weighted by atomic mass is 10.3. The summed E-state index contributed by atoms with van der Waals surface area (Å²) in [5, 5.41) is 13.8. The fraction of sp³-hybridized carbons (Fsp3) is 0.0500. The molecule has 2 heterocycles. The van der Waals surface area contributed by atoms with Crippen LogP contribution in [0.4, 0.5) is 0 Å². The number of halogens is 2. The van der Waals surface area contributed by atoms with E-state index in [4.69, 9.17) is 32.4 Å². The number of aromatic amines is 1. The third-order valence-electron chi connectivity index (χ3n) is 4.40. The molecule has 0 saturated heterocycles. The highest BCUT2D eigenvalue weighted by atomic mass is 35.5. The molecule has 0 saturated carbocycles. The summed E-state index contributed by atoms with van der Waals surface area (Å²) in [5.74, 6) is -0.158. The zero-order valence-corrected chi connectivity index (χ0v) is 19.2. The van der Waals surface area contributed by atoms with Gasteiger partial charge in [0, 0.05) is 6.07 Å². The molecule has 0 amide bonds. The average Bonchev–Trinajstić information content (AvgIpc) is 3.29. The summed E-state index contributed by atoms with van der Waals surface area (Å²) in [6.07, 6.45) is 2.31.